The van der Waals surface area contributed by atoms with Crippen LogP contribution in [0.1, 0.15) is 59.8 Å². The molecule has 6 rings (SSSR count). The minimum absolute atomic E-state index is 0.00315. The van der Waals surface area contributed by atoms with E-state index in [1.165, 1.54) is 19.3 Å². The minimum atomic E-state index is -0.242. The summed E-state index contributed by atoms with van der Waals surface area (Å²) in [6, 6.07) is 26.8. The Balaban J connectivity index is 1.60. The number of carbonyl (C=O) groups is 1. The van der Waals surface area contributed by atoms with Gasteiger partial charge in [-0.2, -0.15) is 0 Å². The van der Waals surface area contributed by atoms with Crippen LogP contribution in [0.3, 0.4) is 0 Å². The first-order valence-corrected chi connectivity index (χ1v) is 11.9. The lowest BCUT2D eigenvalue weighted by molar-refractivity contribution is 0.0653. The Morgan fingerprint density at radius 3 is 2.24 bits per heavy atom. The molecular weight excluding hydrogens is 408 g/mol. The number of carbonyl (C=O) groups excluding carboxylic acids is 1. The number of amides is 1. The van der Waals surface area contributed by atoms with E-state index in [2.05, 4.69) is 53.4 Å². The van der Waals surface area contributed by atoms with Gasteiger partial charge in [-0.1, -0.05) is 73.9 Å². The fourth-order valence-corrected chi connectivity index (χ4v) is 5.50. The van der Waals surface area contributed by atoms with E-state index >= 15 is 0 Å². The van der Waals surface area contributed by atoms with Crippen molar-refractivity contribution in [2.75, 3.05) is 17.0 Å². The second-order valence-electron chi connectivity index (χ2n) is 9.13. The minimum Gasteiger partial charge on any atom is -0.348 e. The topological polar surface area (TPSA) is 39.2 Å². The van der Waals surface area contributed by atoms with Crippen molar-refractivity contribution in [1.82, 2.24) is 5.01 Å². The van der Waals surface area contributed by atoms with E-state index in [9.17, 15) is 4.79 Å². The molecule has 1 aliphatic carbocycles. The van der Waals surface area contributed by atoms with E-state index in [0.29, 0.717) is 5.56 Å². The molecule has 2 heterocycles. The molecule has 33 heavy (non-hydrogen) atoms. The predicted octanol–water partition coefficient (Wildman–Crippen LogP) is 5.79. The second kappa shape index (κ2) is 8.07. The lowest BCUT2D eigenvalue weighted by Crippen LogP contribution is -2.61. The van der Waals surface area contributed by atoms with Gasteiger partial charge < -0.3 is 4.90 Å². The molecule has 2 aliphatic heterocycles. The van der Waals surface area contributed by atoms with Crippen LogP contribution in [0.2, 0.25) is 0 Å². The van der Waals surface area contributed by atoms with Gasteiger partial charge in [0, 0.05) is 18.2 Å². The number of hydrogen-bond donors (Lipinski definition) is 0. The second-order valence-corrected chi connectivity index (χ2v) is 9.13. The summed E-state index contributed by atoms with van der Waals surface area (Å²) < 4.78 is 0. The molecule has 5 heteroatoms. The van der Waals surface area contributed by atoms with Crippen LogP contribution >= 0.6 is 0 Å². The maximum absolute atomic E-state index is 14.0. The van der Waals surface area contributed by atoms with Crippen molar-refractivity contribution in [3.8, 4) is 0 Å². The summed E-state index contributed by atoms with van der Waals surface area (Å²) in [5, 5.41) is 3.97. The molecule has 3 aliphatic rings. The number of hydrogen-bond acceptors (Lipinski definition) is 3. The Morgan fingerprint density at radius 1 is 0.788 bits per heavy atom. The summed E-state index contributed by atoms with van der Waals surface area (Å²) in [5.41, 5.74) is 4.84. The van der Waals surface area contributed by atoms with E-state index in [0.717, 1.165) is 41.2 Å². The zero-order chi connectivity index (χ0) is 22.4. The average molecular weight is 437 g/mol. The third-order valence-corrected chi connectivity index (χ3v) is 7.10. The third kappa shape index (κ3) is 3.22. The first-order chi connectivity index (χ1) is 16.2. The van der Waals surface area contributed by atoms with Gasteiger partial charge >= 0.3 is 0 Å². The highest BCUT2D eigenvalue weighted by Crippen LogP contribution is 2.44. The number of aliphatic imine (C=N–C) groups is 1. The van der Waals surface area contributed by atoms with Gasteiger partial charge in [0.05, 0.1) is 23.0 Å². The van der Waals surface area contributed by atoms with E-state index in [1.807, 2.05) is 47.5 Å². The summed E-state index contributed by atoms with van der Waals surface area (Å²) in [4.78, 5) is 21.6. The number of nitrogens with zero attached hydrogens (tertiary/aromatic N) is 4. The summed E-state index contributed by atoms with van der Waals surface area (Å²) in [6.45, 7) is 0. The zero-order valence-electron chi connectivity index (χ0n) is 18.9. The van der Waals surface area contributed by atoms with Crippen molar-refractivity contribution in [2.45, 2.75) is 44.3 Å². The molecule has 1 amide bonds. The monoisotopic (exact) mass is 436 g/mol. The lowest BCUT2D eigenvalue weighted by atomic mass is 9.94. The molecule has 3 aromatic rings. The van der Waals surface area contributed by atoms with Gasteiger partial charge in [-0.25, -0.2) is 10.0 Å². The Hall–Kier alpha value is -3.60. The summed E-state index contributed by atoms with van der Waals surface area (Å²) in [7, 11) is 2.08. The van der Waals surface area contributed by atoms with Crippen molar-refractivity contribution < 1.29 is 4.79 Å². The highest BCUT2D eigenvalue weighted by molar-refractivity contribution is 6.16. The van der Waals surface area contributed by atoms with Crippen LogP contribution in [-0.4, -0.2) is 29.8 Å². The van der Waals surface area contributed by atoms with Crippen LogP contribution in [0.5, 0.6) is 0 Å². The quantitative estimate of drug-likeness (QED) is 0.510. The Morgan fingerprint density at radius 2 is 1.45 bits per heavy atom. The van der Waals surface area contributed by atoms with Gasteiger partial charge in [-0.3, -0.25) is 9.79 Å². The van der Waals surface area contributed by atoms with Crippen molar-refractivity contribution in [1.29, 1.82) is 0 Å². The van der Waals surface area contributed by atoms with Gasteiger partial charge in [0.15, 0.2) is 12.0 Å². The van der Waals surface area contributed by atoms with Crippen LogP contribution in [0, 0.1) is 0 Å². The number of rotatable bonds is 2. The summed E-state index contributed by atoms with van der Waals surface area (Å²) in [6.07, 6.45) is 5.69. The summed E-state index contributed by atoms with van der Waals surface area (Å²) >= 11 is 0. The van der Waals surface area contributed by atoms with Crippen LogP contribution in [-0.2, 0) is 0 Å². The molecule has 0 N–H and O–H groups in total. The average Bonchev–Trinajstić information content (AvgIpc) is 2.88. The van der Waals surface area contributed by atoms with E-state index in [-0.39, 0.29) is 18.1 Å². The zero-order valence-corrected chi connectivity index (χ0v) is 18.9. The highest BCUT2D eigenvalue weighted by atomic mass is 16.2. The largest absolute Gasteiger partial charge is 0.348 e. The molecule has 0 saturated heterocycles. The van der Waals surface area contributed by atoms with E-state index in [1.54, 1.807) is 0 Å². The van der Waals surface area contributed by atoms with Crippen molar-refractivity contribution in [3.05, 3.63) is 95.6 Å². The number of benzene rings is 3. The number of hydrazine groups is 1. The molecule has 0 spiro atoms. The Bertz CT molecular complexity index is 1220. The highest BCUT2D eigenvalue weighted by Gasteiger charge is 2.46. The number of anilines is 2. The van der Waals surface area contributed by atoms with Crippen LogP contribution < -0.4 is 9.91 Å². The Labute approximate surface area is 194 Å². The van der Waals surface area contributed by atoms with Crippen molar-refractivity contribution in [2.24, 2.45) is 4.99 Å². The maximum Gasteiger partial charge on any atom is 0.277 e. The predicted molar refractivity (Wildman–Crippen MR) is 133 cm³/mol. The molecular formula is C28H28N4O. The van der Waals surface area contributed by atoms with Crippen LogP contribution in [0.25, 0.3) is 0 Å². The molecule has 1 fully saturated rings. The molecule has 1 saturated carbocycles. The molecule has 5 nitrogen and oxygen atoms in total. The molecule has 3 aromatic carbocycles. The van der Waals surface area contributed by atoms with Gasteiger partial charge in [-0.15, -0.1) is 0 Å². The first-order valence-electron chi connectivity index (χ1n) is 11.9. The lowest BCUT2D eigenvalue weighted by Gasteiger charge is -2.52. The van der Waals surface area contributed by atoms with Crippen molar-refractivity contribution in [3.63, 3.8) is 0 Å². The smallest absolute Gasteiger partial charge is 0.277 e. The molecule has 0 radical (unpaired) electrons. The molecule has 0 aromatic heterocycles. The standard InChI is InChI=1S/C28H28N4O/c1-30-25-19-11-10-18-24(25)28(33)32-27(30)23-17-9-8-16-22(23)26(29-20-12-4-2-5-13-20)31(32)21-14-6-3-7-15-21/h3,6-11,14-20,27H,2,4-5,12-13H2,1H3. The molecule has 1 atom stereocenters. The van der Waals surface area contributed by atoms with Crippen molar-refractivity contribution >= 4 is 23.1 Å². The van der Waals surface area contributed by atoms with E-state index < -0.39 is 0 Å². The molecule has 166 valence electrons. The van der Waals surface area contributed by atoms with Gasteiger partial charge in [0.25, 0.3) is 5.91 Å². The van der Waals surface area contributed by atoms with Crippen LogP contribution in [0.4, 0.5) is 11.4 Å². The number of fused-ring (bicyclic) bond motifs is 4. The SMILES string of the molecule is CN1c2ccccc2C(=O)N2C1c1ccccc1C(=NC1CCCCC1)N2c1ccccc1. The fourth-order valence-electron chi connectivity index (χ4n) is 5.50. The van der Waals surface area contributed by atoms with Gasteiger partial charge in [0.1, 0.15) is 0 Å². The number of amidine groups is 1. The Kier molecular flexibility index (Phi) is 4.90. The third-order valence-electron chi connectivity index (χ3n) is 7.10. The molecule has 1 unspecified atom stereocenters. The van der Waals surface area contributed by atoms with Gasteiger partial charge in [0.2, 0.25) is 0 Å². The fraction of sp³-hybridized carbons (Fsp3) is 0.286. The van der Waals surface area contributed by atoms with E-state index in [4.69, 9.17) is 4.99 Å². The number of para-hydroxylation sites is 2. The van der Waals surface area contributed by atoms with Gasteiger partial charge in [-0.05, 0) is 37.1 Å². The summed E-state index contributed by atoms with van der Waals surface area (Å²) in [5.74, 6) is 0.879. The molecule has 0 bridgehead atoms. The normalized spacial score (nSPS) is 21.6. The van der Waals surface area contributed by atoms with Crippen LogP contribution in [0.15, 0.2) is 83.9 Å². The first kappa shape index (κ1) is 20.0. The maximum atomic E-state index is 14.0.